The Bertz CT molecular complexity index is 1020. The zero-order chi connectivity index (χ0) is 22.5. The second kappa shape index (κ2) is 9.98. The number of hydrogen-bond acceptors (Lipinski definition) is 6. The van der Waals surface area contributed by atoms with Crippen LogP contribution < -0.4 is 14.5 Å². The third-order valence-electron chi connectivity index (χ3n) is 4.85. The van der Waals surface area contributed by atoms with E-state index < -0.39 is 12.1 Å². The fourth-order valence-electron chi connectivity index (χ4n) is 3.18. The van der Waals surface area contributed by atoms with Crippen molar-refractivity contribution in [3.8, 4) is 5.75 Å². The minimum absolute atomic E-state index is 0.184. The highest BCUT2D eigenvalue weighted by Gasteiger charge is 2.33. The molecule has 0 radical (unpaired) electrons. The van der Waals surface area contributed by atoms with Gasteiger partial charge in [-0.2, -0.15) is 0 Å². The molecule has 8 heteroatoms. The van der Waals surface area contributed by atoms with Gasteiger partial charge >= 0.3 is 5.97 Å². The lowest BCUT2D eigenvalue weighted by Crippen LogP contribution is -2.27. The van der Waals surface area contributed by atoms with Gasteiger partial charge in [0.2, 0.25) is 0 Å². The van der Waals surface area contributed by atoms with Crippen LogP contribution in [0.5, 0.6) is 5.75 Å². The lowest BCUT2D eigenvalue weighted by Gasteiger charge is -2.22. The molecule has 3 rings (SSSR count). The van der Waals surface area contributed by atoms with Gasteiger partial charge < -0.3 is 14.7 Å². The Kier molecular flexibility index (Phi) is 7.35. The summed E-state index contributed by atoms with van der Waals surface area (Å²) in [6.45, 7) is 7.49. The number of hydrogen-bond donors (Lipinski definition) is 1. The van der Waals surface area contributed by atoms with Crippen LogP contribution in [0, 0.1) is 0 Å². The smallest absolute Gasteiger partial charge is 0.344 e. The van der Waals surface area contributed by atoms with E-state index in [-0.39, 0.29) is 5.91 Å². The first-order valence-corrected chi connectivity index (χ1v) is 11.2. The number of nitrogens with zero attached hydrogens (tertiary/aromatic N) is 2. The first-order valence-electron chi connectivity index (χ1n) is 9.96. The maximum Gasteiger partial charge on any atom is 0.344 e. The van der Waals surface area contributed by atoms with Gasteiger partial charge in [0, 0.05) is 18.8 Å². The molecule has 1 fully saturated rings. The van der Waals surface area contributed by atoms with E-state index in [1.807, 2.05) is 30.3 Å². The molecule has 1 amide bonds. The van der Waals surface area contributed by atoms with Gasteiger partial charge in [-0.1, -0.05) is 36.1 Å². The third kappa shape index (κ3) is 5.26. The lowest BCUT2D eigenvalue weighted by molar-refractivity contribution is -0.144. The van der Waals surface area contributed by atoms with Crippen LogP contribution >= 0.6 is 24.0 Å². The summed E-state index contributed by atoms with van der Waals surface area (Å²) < 4.78 is 5.88. The summed E-state index contributed by atoms with van der Waals surface area (Å²) in [6.07, 6.45) is 0.773. The molecule has 1 atom stereocenters. The SMILES string of the molecule is CCN(CC)c1ccc(N2C(=O)/C(=C\c3cccc(OC(C)C(=O)O)c3)SC2=S)cc1. The van der Waals surface area contributed by atoms with E-state index in [4.69, 9.17) is 22.1 Å². The second-order valence-electron chi connectivity index (χ2n) is 6.88. The van der Waals surface area contributed by atoms with Gasteiger partial charge in [0.05, 0.1) is 10.6 Å². The summed E-state index contributed by atoms with van der Waals surface area (Å²) in [5.74, 6) is -0.805. The zero-order valence-corrected chi connectivity index (χ0v) is 19.2. The number of aliphatic carboxylic acids is 1. The van der Waals surface area contributed by atoms with Crippen LogP contribution in [0.2, 0.25) is 0 Å². The van der Waals surface area contributed by atoms with Crippen molar-refractivity contribution in [2.75, 3.05) is 22.9 Å². The molecular formula is C23H24N2O4S2. The summed E-state index contributed by atoms with van der Waals surface area (Å²) in [6, 6.07) is 14.8. The largest absolute Gasteiger partial charge is 0.479 e. The molecule has 0 spiro atoms. The Hall–Kier alpha value is -2.84. The van der Waals surface area contributed by atoms with Gasteiger partial charge in [-0.15, -0.1) is 0 Å². The maximum absolute atomic E-state index is 13.0. The standard InChI is InChI=1S/C23H24N2O4S2/c1-4-24(5-2)17-9-11-18(12-10-17)25-21(26)20(31-23(25)30)14-16-7-6-8-19(13-16)29-15(3)22(27)28/h6-15H,4-5H2,1-3H3,(H,27,28)/b20-14+. The molecule has 162 valence electrons. The first-order chi connectivity index (χ1) is 14.8. The van der Waals surface area contributed by atoms with Crippen LogP contribution in [0.25, 0.3) is 6.08 Å². The average Bonchev–Trinajstić information content (AvgIpc) is 3.02. The average molecular weight is 457 g/mol. The molecule has 31 heavy (non-hydrogen) atoms. The highest BCUT2D eigenvalue weighted by molar-refractivity contribution is 8.27. The summed E-state index contributed by atoms with van der Waals surface area (Å²) in [5, 5.41) is 9.01. The molecule has 1 unspecified atom stereocenters. The highest BCUT2D eigenvalue weighted by atomic mass is 32.2. The molecule has 0 bridgehead atoms. The third-order valence-corrected chi connectivity index (χ3v) is 6.15. The quantitative estimate of drug-likeness (QED) is 0.452. The van der Waals surface area contributed by atoms with E-state index in [2.05, 4.69) is 18.7 Å². The van der Waals surface area contributed by atoms with E-state index in [1.165, 1.54) is 23.6 Å². The predicted molar refractivity (Wildman–Crippen MR) is 130 cm³/mol. The molecule has 0 aromatic heterocycles. The topological polar surface area (TPSA) is 70.1 Å². The monoisotopic (exact) mass is 456 g/mol. The fourth-order valence-corrected chi connectivity index (χ4v) is 4.47. The number of anilines is 2. The van der Waals surface area contributed by atoms with Gasteiger partial charge in [-0.05, 0) is 68.8 Å². The normalized spacial score (nSPS) is 16.0. The number of carboxylic acids is 1. The van der Waals surface area contributed by atoms with Crippen molar-refractivity contribution in [1.29, 1.82) is 0 Å². The predicted octanol–water partition coefficient (Wildman–Crippen LogP) is 4.79. The van der Waals surface area contributed by atoms with E-state index in [1.54, 1.807) is 24.3 Å². The van der Waals surface area contributed by atoms with E-state index in [0.29, 0.717) is 15.0 Å². The van der Waals surface area contributed by atoms with Crippen molar-refractivity contribution < 1.29 is 19.4 Å². The Morgan fingerprint density at radius 1 is 1.23 bits per heavy atom. The van der Waals surface area contributed by atoms with Crippen LogP contribution in [-0.4, -0.2) is 40.5 Å². The number of thiocarbonyl (C=S) groups is 1. The lowest BCUT2D eigenvalue weighted by atomic mass is 10.2. The van der Waals surface area contributed by atoms with Gasteiger partial charge in [0.25, 0.3) is 5.91 Å². The summed E-state index contributed by atoms with van der Waals surface area (Å²) in [4.78, 5) is 28.3. The van der Waals surface area contributed by atoms with Crippen molar-refractivity contribution in [2.45, 2.75) is 26.9 Å². The molecule has 0 saturated carbocycles. The van der Waals surface area contributed by atoms with Crippen molar-refractivity contribution in [3.63, 3.8) is 0 Å². The molecule has 1 aliphatic heterocycles. The van der Waals surface area contributed by atoms with Crippen LogP contribution in [0.3, 0.4) is 0 Å². The van der Waals surface area contributed by atoms with Crippen molar-refractivity contribution in [3.05, 3.63) is 59.0 Å². The molecule has 1 N–H and O–H groups in total. The maximum atomic E-state index is 13.0. The summed E-state index contributed by atoms with van der Waals surface area (Å²) >= 11 is 6.70. The van der Waals surface area contributed by atoms with Gasteiger partial charge in [0.15, 0.2) is 10.4 Å². The van der Waals surface area contributed by atoms with Gasteiger partial charge in [0.1, 0.15) is 5.75 Å². The number of carbonyl (C=O) groups is 2. The molecule has 2 aromatic rings. The summed E-state index contributed by atoms with van der Waals surface area (Å²) in [7, 11) is 0. The minimum atomic E-state index is -1.04. The highest BCUT2D eigenvalue weighted by Crippen LogP contribution is 2.36. The number of amides is 1. The Labute approximate surface area is 191 Å². The Balaban J connectivity index is 1.80. The van der Waals surface area contributed by atoms with Crippen molar-refractivity contribution in [1.82, 2.24) is 0 Å². The summed E-state index contributed by atoms with van der Waals surface area (Å²) in [5.41, 5.74) is 2.56. The van der Waals surface area contributed by atoms with Crippen LogP contribution in [-0.2, 0) is 9.59 Å². The number of carbonyl (C=O) groups excluding carboxylic acids is 1. The molecule has 0 aliphatic carbocycles. The number of thioether (sulfide) groups is 1. The van der Waals surface area contributed by atoms with E-state index >= 15 is 0 Å². The molecular weight excluding hydrogens is 432 g/mol. The van der Waals surface area contributed by atoms with Crippen molar-refractivity contribution in [2.24, 2.45) is 0 Å². The van der Waals surface area contributed by atoms with E-state index in [0.717, 1.165) is 30.0 Å². The molecule has 1 aliphatic rings. The molecule has 2 aromatic carbocycles. The fraction of sp³-hybridized carbons (Fsp3) is 0.261. The second-order valence-corrected chi connectivity index (χ2v) is 8.55. The van der Waals surface area contributed by atoms with Crippen LogP contribution in [0.4, 0.5) is 11.4 Å². The van der Waals surface area contributed by atoms with Gasteiger partial charge in [-0.3, -0.25) is 9.69 Å². The minimum Gasteiger partial charge on any atom is -0.479 e. The molecule has 6 nitrogen and oxygen atoms in total. The number of rotatable bonds is 8. The van der Waals surface area contributed by atoms with Crippen LogP contribution in [0.15, 0.2) is 53.4 Å². The first kappa shape index (κ1) is 22.8. The van der Waals surface area contributed by atoms with Gasteiger partial charge in [-0.25, -0.2) is 4.79 Å². The molecule has 1 heterocycles. The Morgan fingerprint density at radius 3 is 2.52 bits per heavy atom. The number of ether oxygens (including phenoxy) is 1. The van der Waals surface area contributed by atoms with Crippen LogP contribution in [0.1, 0.15) is 26.3 Å². The molecule has 1 saturated heterocycles. The Morgan fingerprint density at radius 2 is 1.90 bits per heavy atom. The van der Waals surface area contributed by atoms with E-state index in [9.17, 15) is 9.59 Å². The van der Waals surface area contributed by atoms with Crippen molar-refractivity contribution >= 4 is 57.6 Å². The number of carboxylic acid groups (broad SMARTS) is 1. The number of benzene rings is 2. The zero-order valence-electron chi connectivity index (χ0n) is 17.6.